The lowest BCUT2D eigenvalue weighted by Gasteiger charge is -2.18. The van der Waals surface area contributed by atoms with Gasteiger partial charge in [-0.1, -0.05) is 261 Å². The lowest BCUT2D eigenvalue weighted by molar-refractivity contribution is -0.167. The van der Waals surface area contributed by atoms with Crippen LogP contribution in [0.3, 0.4) is 0 Å². The molecule has 0 aromatic rings. The molecule has 0 N–H and O–H groups in total. The van der Waals surface area contributed by atoms with Crippen molar-refractivity contribution < 1.29 is 28.6 Å². The summed E-state index contributed by atoms with van der Waals surface area (Å²) in [5.74, 6) is -0.897. The Labute approximate surface area is 409 Å². The maximum atomic E-state index is 12.8. The molecule has 0 saturated carbocycles. The molecule has 1 unspecified atom stereocenters. The first-order chi connectivity index (χ1) is 32.5. The van der Waals surface area contributed by atoms with Crippen LogP contribution in [0.25, 0.3) is 0 Å². The van der Waals surface area contributed by atoms with Crippen molar-refractivity contribution in [2.75, 3.05) is 13.2 Å². The van der Waals surface area contributed by atoms with Gasteiger partial charge in [-0.3, -0.25) is 14.4 Å². The van der Waals surface area contributed by atoms with Crippen LogP contribution in [0, 0.1) is 0 Å². The Hall–Kier alpha value is -2.89. The highest BCUT2D eigenvalue weighted by Crippen LogP contribution is 2.16. The third-order valence-electron chi connectivity index (χ3n) is 12.3. The molecule has 0 heterocycles. The van der Waals surface area contributed by atoms with E-state index >= 15 is 0 Å². The fourth-order valence-corrected chi connectivity index (χ4v) is 8.06. The number of rotatable bonds is 51. The van der Waals surface area contributed by atoms with Gasteiger partial charge in [-0.05, 0) is 64.2 Å². The van der Waals surface area contributed by atoms with Crippen molar-refractivity contribution in [1.29, 1.82) is 0 Å². The van der Waals surface area contributed by atoms with Gasteiger partial charge in [0.15, 0.2) is 6.10 Å². The summed E-state index contributed by atoms with van der Waals surface area (Å²) in [5.41, 5.74) is 0. The van der Waals surface area contributed by atoms with Crippen LogP contribution in [-0.4, -0.2) is 37.2 Å². The molecule has 0 fully saturated rings. The van der Waals surface area contributed by atoms with Crippen LogP contribution in [-0.2, 0) is 28.6 Å². The molecular formula is C60H106O6. The van der Waals surface area contributed by atoms with Gasteiger partial charge in [-0.2, -0.15) is 0 Å². The van der Waals surface area contributed by atoms with Crippen LogP contribution in [0.4, 0.5) is 0 Å². The molecule has 6 nitrogen and oxygen atoms in total. The van der Waals surface area contributed by atoms with E-state index in [1.807, 2.05) is 0 Å². The predicted molar refractivity (Wildman–Crippen MR) is 284 cm³/mol. The number of hydrogen-bond donors (Lipinski definition) is 0. The van der Waals surface area contributed by atoms with Crippen molar-refractivity contribution in [3.8, 4) is 0 Å². The van der Waals surface area contributed by atoms with E-state index < -0.39 is 6.10 Å². The van der Waals surface area contributed by atoms with Crippen molar-refractivity contribution in [2.45, 2.75) is 290 Å². The van der Waals surface area contributed by atoms with Crippen LogP contribution < -0.4 is 0 Å². The largest absolute Gasteiger partial charge is 0.462 e. The molecule has 0 rings (SSSR count). The van der Waals surface area contributed by atoms with Gasteiger partial charge in [-0.25, -0.2) is 0 Å². The number of allylic oxidation sites excluding steroid dienone is 10. The first-order valence-corrected chi connectivity index (χ1v) is 28.3. The molecule has 0 aliphatic carbocycles. The quantitative estimate of drug-likeness (QED) is 0.0262. The molecular weight excluding hydrogens is 817 g/mol. The molecule has 1 atom stereocenters. The van der Waals surface area contributed by atoms with E-state index in [0.29, 0.717) is 19.3 Å². The Morgan fingerprint density at radius 1 is 0.318 bits per heavy atom. The molecule has 66 heavy (non-hydrogen) atoms. The Balaban J connectivity index is 4.18. The summed E-state index contributed by atoms with van der Waals surface area (Å²) in [5, 5.41) is 0. The van der Waals surface area contributed by atoms with Crippen molar-refractivity contribution in [3.63, 3.8) is 0 Å². The highest BCUT2D eigenvalue weighted by Gasteiger charge is 2.19. The predicted octanol–water partition coefficient (Wildman–Crippen LogP) is 18.8. The van der Waals surface area contributed by atoms with Gasteiger partial charge in [0.1, 0.15) is 13.2 Å². The smallest absolute Gasteiger partial charge is 0.306 e. The van der Waals surface area contributed by atoms with E-state index in [9.17, 15) is 14.4 Å². The summed E-state index contributed by atoms with van der Waals surface area (Å²) in [6.07, 6.45) is 68.1. The second-order valence-corrected chi connectivity index (χ2v) is 18.8. The van der Waals surface area contributed by atoms with Gasteiger partial charge >= 0.3 is 17.9 Å². The summed E-state index contributed by atoms with van der Waals surface area (Å²) < 4.78 is 16.7. The first-order valence-electron chi connectivity index (χ1n) is 28.3. The average Bonchev–Trinajstić information content (AvgIpc) is 3.31. The van der Waals surface area contributed by atoms with Gasteiger partial charge in [0.2, 0.25) is 0 Å². The second-order valence-electron chi connectivity index (χ2n) is 18.8. The minimum atomic E-state index is -0.777. The topological polar surface area (TPSA) is 78.9 Å². The first kappa shape index (κ1) is 63.1. The highest BCUT2D eigenvalue weighted by atomic mass is 16.6. The minimum absolute atomic E-state index is 0.0785. The lowest BCUT2D eigenvalue weighted by Crippen LogP contribution is -2.30. The number of unbranched alkanes of at least 4 members (excludes halogenated alkanes) is 30. The molecule has 0 aromatic heterocycles. The van der Waals surface area contributed by atoms with Gasteiger partial charge < -0.3 is 14.2 Å². The third kappa shape index (κ3) is 52.1. The van der Waals surface area contributed by atoms with E-state index in [2.05, 4.69) is 81.5 Å². The van der Waals surface area contributed by atoms with Crippen LogP contribution in [0.1, 0.15) is 284 Å². The van der Waals surface area contributed by atoms with Crippen molar-refractivity contribution in [2.24, 2.45) is 0 Å². The maximum Gasteiger partial charge on any atom is 0.306 e. The van der Waals surface area contributed by atoms with Crippen molar-refractivity contribution in [1.82, 2.24) is 0 Å². The summed E-state index contributed by atoms with van der Waals surface area (Å²) in [7, 11) is 0. The average molecular weight is 924 g/mol. The van der Waals surface area contributed by atoms with Crippen molar-refractivity contribution >= 4 is 17.9 Å². The molecule has 0 amide bonds. The van der Waals surface area contributed by atoms with Gasteiger partial charge in [0.05, 0.1) is 0 Å². The van der Waals surface area contributed by atoms with Crippen molar-refractivity contribution in [3.05, 3.63) is 60.8 Å². The molecule has 0 aliphatic rings. The maximum absolute atomic E-state index is 12.8. The Bertz CT molecular complexity index is 1200. The molecule has 0 bridgehead atoms. The molecule has 0 radical (unpaired) electrons. The van der Waals surface area contributed by atoms with E-state index in [-0.39, 0.29) is 31.1 Å². The van der Waals surface area contributed by atoms with Crippen LogP contribution >= 0.6 is 0 Å². The summed E-state index contributed by atoms with van der Waals surface area (Å²) in [4.78, 5) is 37.9. The Kier molecular flexibility index (Phi) is 52.3. The van der Waals surface area contributed by atoms with Gasteiger partial charge in [0.25, 0.3) is 0 Å². The molecule has 382 valence electrons. The van der Waals surface area contributed by atoms with E-state index in [1.165, 1.54) is 135 Å². The second kappa shape index (κ2) is 54.7. The fraction of sp³-hybridized carbons (Fsp3) is 0.783. The highest BCUT2D eigenvalue weighted by molar-refractivity contribution is 5.71. The number of carbonyl (C=O) groups is 3. The third-order valence-corrected chi connectivity index (χ3v) is 12.3. The lowest BCUT2D eigenvalue weighted by atomic mass is 10.0. The zero-order valence-electron chi connectivity index (χ0n) is 43.7. The van der Waals surface area contributed by atoms with Crippen LogP contribution in [0.15, 0.2) is 60.8 Å². The monoisotopic (exact) mass is 923 g/mol. The van der Waals surface area contributed by atoms with Crippen LogP contribution in [0.2, 0.25) is 0 Å². The number of esters is 3. The van der Waals surface area contributed by atoms with Gasteiger partial charge in [0, 0.05) is 19.3 Å². The standard InChI is InChI=1S/C60H106O6/c1-4-7-10-13-16-18-20-22-24-26-28-30-32-34-36-38-40-42-44-47-50-53-59(62)65-56-57(55-64-58(61)52-49-46-15-12-9-6-3)66-60(63)54-51-48-45-43-41-39-37-35-33-31-29-27-25-23-21-19-17-14-11-8-5-2/h7,10,16,18,22,24,28,30,34,36,57H,4-6,8-9,11-15,17,19-21,23,25-27,29,31-33,35,37-56H2,1-3H3/b10-7-,18-16-,24-22-,30-28-,36-34-. The van der Waals surface area contributed by atoms with E-state index in [1.54, 1.807) is 0 Å². The van der Waals surface area contributed by atoms with E-state index in [0.717, 1.165) is 109 Å². The molecule has 0 aromatic carbocycles. The van der Waals surface area contributed by atoms with Gasteiger partial charge in [-0.15, -0.1) is 0 Å². The van der Waals surface area contributed by atoms with Crippen LogP contribution in [0.5, 0.6) is 0 Å². The Morgan fingerprint density at radius 2 is 0.591 bits per heavy atom. The summed E-state index contributed by atoms with van der Waals surface area (Å²) in [6.45, 7) is 6.48. The fourth-order valence-electron chi connectivity index (χ4n) is 8.06. The molecule has 6 heteroatoms. The normalized spacial score (nSPS) is 12.5. The summed E-state index contributed by atoms with van der Waals surface area (Å²) >= 11 is 0. The number of carbonyl (C=O) groups excluding carboxylic acids is 3. The molecule has 0 aliphatic heterocycles. The summed E-state index contributed by atoms with van der Waals surface area (Å²) in [6, 6.07) is 0. The molecule has 0 spiro atoms. The SMILES string of the molecule is CC/C=C\C/C=C\C/C=C\C/C=C\C/C=C\CCCCCCCC(=O)OCC(COC(=O)CCCCCCCC)OC(=O)CCCCCCCCCCCCCCCCCCCCCCC. The molecule has 0 saturated heterocycles. The van der Waals surface area contributed by atoms with E-state index in [4.69, 9.17) is 14.2 Å². The zero-order valence-corrected chi connectivity index (χ0v) is 43.7. The number of hydrogen-bond acceptors (Lipinski definition) is 6. The number of ether oxygens (including phenoxy) is 3. The zero-order chi connectivity index (χ0) is 47.9. The minimum Gasteiger partial charge on any atom is -0.462 e. The Morgan fingerprint density at radius 3 is 0.924 bits per heavy atom.